The maximum absolute atomic E-state index is 12.2. The highest BCUT2D eigenvalue weighted by Gasteiger charge is 2.11. The van der Waals surface area contributed by atoms with Crippen LogP contribution >= 0.6 is 0 Å². The highest BCUT2D eigenvalue weighted by molar-refractivity contribution is 6.04. The molecule has 2 rings (SSSR count). The van der Waals surface area contributed by atoms with Gasteiger partial charge in [0.05, 0.1) is 0 Å². The number of para-hydroxylation sites is 1. The van der Waals surface area contributed by atoms with Gasteiger partial charge < -0.3 is 15.4 Å². The molecule has 1 aromatic carbocycles. The Balaban J connectivity index is 1.98. The Labute approximate surface area is 134 Å². The van der Waals surface area contributed by atoms with Gasteiger partial charge in [0.15, 0.2) is 0 Å². The Hall–Kier alpha value is -2.73. The monoisotopic (exact) mass is 313 g/mol. The number of anilines is 1. The average Bonchev–Trinajstić information content (AvgIpc) is 2.59. The van der Waals surface area contributed by atoms with Crippen LogP contribution in [0.25, 0.3) is 0 Å². The summed E-state index contributed by atoms with van der Waals surface area (Å²) in [5, 5.41) is 5.51. The lowest BCUT2D eigenvalue weighted by Crippen LogP contribution is -2.25. The van der Waals surface area contributed by atoms with Gasteiger partial charge in [0.2, 0.25) is 0 Å². The molecule has 2 N–H and O–H groups in total. The van der Waals surface area contributed by atoms with E-state index >= 15 is 0 Å². The van der Waals surface area contributed by atoms with Gasteiger partial charge in [0.25, 0.3) is 11.8 Å². The molecule has 1 heterocycles. The van der Waals surface area contributed by atoms with E-state index in [0.717, 1.165) is 6.42 Å². The summed E-state index contributed by atoms with van der Waals surface area (Å²) in [4.78, 5) is 28.2. The van der Waals surface area contributed by atoms with E-state index < -0.39 is 0 Å². The first-order valence-electron chi connectivity index (χ1n) is 7.30. The van der Waals surface area contributed by atoms with Gasteiger partial charge in [0, 0.05) is 37.7 Å². The molecule has 0 atom stereocenters. The van der Waals surface area contributed by atoms with Crippen LogP contribution in [-0.2, 0) is 4.74 Å². The predicted molar refractivity (Wildman–Crippen MR) is 87.5 cm³/mol. The van der Waals surface area contributed by atoms with E-state index in [9.17, 15) is 9.59 Å². The Morgan fingerprint density at radius 1 is 1.13 bits per heavy atom. The second kappa shape index (κ2) is 8.65. The van der Waals surface area contributed by atoms with E-state index in [0.29, 0.717) is 24.4 Å². The van der Waals surface area contributed by atoms with E-state index in [1.165, 1.54) is 12.3 Å². The van der Waals surface area contributed by atoms with Crippen molar-refractivity contribution in [3.8, 4) is 0 Å². The summed E-state index contributed by atoms with van der Waals surface area (Å²) >= 11 is 0. The minimum absolute atomic E-state index is 0.193. The summed E-state index contributed by atoms with van der Waals surface area (Å²) < 4.78 is 4.92. The number of carbonyl (C=O) groups is 2. The fourth-order valence-corrected chi connectivity index (χ4v) is 1.93. The van der Waals surface area contributed by atoms with Crippen LogP contribution in [0.2, 0.25) is 0 Å². The molecule has 0 radical (unpaired) electrons. The SMILES string of the molecule is COCCCNC(=O)c1ccnc(C(=O)Nc2ccccc2)c1. The quantitative estimate of drug-likeness (QED) is 0.767. The number of amides is 2. The van der Waals surface area contributed by atoms with Gasteiger partial charge in [-0.15, -0.1) is 0 Å². The molecule has 0 aliphatic rings. The van der Waals surface area contributed by atoms with Crippen LogP contribution in [0, 0.1) is 0 Å². The van der Waals surface area contributed by atoms with E-state index in [2.05, 4.69) is 15.6 Å². The van der Waals surface area contributed by atoms with Crippen LogP contribution < -0.4 is 10.6 Å². The number of rotatable bonds is 7. The lowest BCUT2D eigenvalue weighted by molar-refractivity contribution is 0.0948. The van der Waals surface area contributed by atoms with Crippen molar-refractivity contribution in [3.05, 3.63) is 59.9 Å². The Morgan fingerprint density at radius 2 is 1.91 bits per heavy atom. The zero-order valence-electron chi connectivity index (χ0n) is 12.9. The van der Waals surface area contributed by atoms with Crippen molar-refractivity contribution in [2.45, 2.75) is 6.42 Å². The topological polar surface area (TPSA) is 80.3 Å². The molecule has 0 saturated carbocycles. The predicted octanol–water partition coefficient (Wildman–Crippen LogP) is 2.10. The molecule has 6 heteroatoms. The second-order valence-corrected chi connectivity index (χ2v) is 4.85. The van der Waals surface area contributed by atoms with Crippen molar-refractivity contribution in [1.29, 1.82) is 0 Å². The van der Waals surface area contributed by atoms with Crippen LogP contribution in [0.15, 0.2) is 48.7 Å². The lowest BCUT2D eigenvalue weighted by Gasteiger charge is -2.07. The van der Waals surface area contributed by atoms with Crippen LogP contribution in [0.1, 0.15) is 27.3 Å². The third-order valence-corrected chi connectivity index (χ3v) is 3.10. The summed E-state index contributed by atoms with van der Waals surface area (Å²) in [5.74, 6) is -0.595. The Morgan fingerprint density at radius 3 is 2.65 bits per heavy atom. The molecule has 0 unspecified atom stereocenters. The smallest absolute Gasteiger partial charge is 0.274 e. The molecule has 0 saturated heterocycles. The van der Waals surface area contributed by atoms with Crippen LogP contribution in [0.5, 0.6) is 0 Å². The van der Waals surface area contributed by atoms with Crippen LogP contribution in [-0.4, -0.2) is 37.1 Å². The molecule has 0 fully saturated rings. The fourth-order valence-electron chi connectivity index (χ4n) is 1.93. The minimum atomic E-state index is -0.356. The number of methoxy groups -OCH3 is 1. The van der Waals surface area contributed by atoms with Gasteiger partial charge in [0.1, 0.15) is 5.69 Å². The number of benzene rings is 1. The van der Waals surface area contributed by atoms with Gasteiger partial charge in [-0.2, -0.15) is 0 Å². The molecule has 120 valence electrons. The number of nitrogens with zero attached hydrogens (tertiary/aromatic N) is 1. The summed E-state index contributed by atoms with van der Waals surface area (Å²) in [6.45, 7) is 1.10. The maximum Gasteiger partial charge on any atom is 0.274 e. The van der Waals surface area contributed by atoms with Crippen molar-refractivity contribution >= 4 is 17.5 Å². The summed E-state index contributed by atoms with van der Waals surface area (Å²) in [7, 11) is 1.61. The van der Waals surface area contributed by atoms with Crippen molar-refractivity contribution in [2.75, 3.05) is 25.6 Å². The number of hydrogen-bond acceptors (Lipinski definition) is 4. The minimum Gasteiger partial charge on any atom is -0.385 e. The molecular formula is C17H19N3O3. The number of aromatic nitrogens is 1. The molecule has 0 aliphatic heterocycles. The average molecular weight is 313 g/mol. The first-order valence-corrected chi connectivity index (χ1v) is 7.30. The number of pyridine rings is 1. The molecule has 1 aromatic heterocycles. The molecule has 0 aliphatic carbocycles. The molecule has 23 heavy (non-hydrogen) atoms. The van der Waals surface area contributed by atoms with Gasteiger partial charge in [-0.3, -0.25) is 14.6 Å². The number of ether oxygens (including phenoxy) is 1. The van der Waals surface area contributed by atoms with E-state index in [-0.39, 0.29) is 17.5 Å². The molecule has 0 spiro atoms. The van der Waals surface area contributed by atoms with Gasteiger partial charge in [-0.25, -0.2) is 0 Å². The lowest BCUT2D eigenvalue weighted by atomic mass is 10.2. The third kappa shape index (κ3) is 5.19. The van der Waals surface area contributed by atoms with Crippen molar-refractivity contribution in [3.63, 3.8) is 0 Å². The first kappa shape index (κ1) is 16.6. The van der Waals surface area contributed by atoms with Crippen molar-refractivity contribution in [1.82, 2.24) is 10.3 Å². The highest BCUT2D eigenvalue weighted by Crippen LogP contribution is 2.08. The highest BCUT2D eigenvalue weighted by atomic mass is 16.5. The molecule has 2 aromatic rings. The molecule has 6 nitrogen and oxygen atoms in total. The second-order valence-electron chi connectivity index (χ2n) is 4.85. The maximum atomic E-state index is 12.2. The largest absolute Gasteiger partial charge is 0.385 e. The summed E-state index contributed by atoms with van der Waals surface area (Å²) in [5.41, 5.74) is 1.27. The Bertz CT molecular complexity index is 659. The standard InChI is InChI=1S/C17H19N3O3/c1-23-11-5-9-19-16(21)13-8-10-18-15(12-13)17(22)20-14-6-3-2-4-7-14/h2-4,6-8,10,12H,5,9,11H2,1H3,(H,19,21)(H,20,22). The van der Waals surface area contributed by atoms with Gasteiger partial charge in [-0.1, -0.05) is 18.2 Å². The van der Waals surface area contributed by atoms with E-state index in [4.69, 9.17) is 4.74 Å². The molecule has 0 bridgehead atoms. The van der Waals surface area contributed by atoms with Crippen LogP contribution in [0.4, 0.5) is 5.69 Å². The first-order chi connectivity index (χ1) is 11.2. The van der Waals surface area contributed by atoms with Crippen molar-refractivity contribution < 1.29 is 14.3 Å². The number of hydrogen-bond donors (Lipinski definition) is 2. The van der Waals surface area contributed by atoms with E-state index in [1.54, 1.807) is 25.3 Å². The van der Waals surface area contributed by atoms with Crippen LogP contribution in [0.3, 0.4) is 0 Å². The van der Waals surface area contributed by atoms with Gasteiger partial charge >= 0.3 is 0 Å². The van der Waals surface area contributed by atoms with Gasteiger partial charge in [-0.05, 0) is 30.7 Å². The summed E-state index contributed by atoms with van der Waals surface area (Å²) in [6, 6.07) is 12.1. The molecular weight excluding hydrogens is 294 g/mol. The zero-order chi connectivity index (χ0) is 16.5. The summed E-state index contributed by atoms with van der Waals surface area (Å²) in [6.07, 6.45) is 2.18. The number of carbonyl (C=O) groups excluding carboxylic acids is 2. The van der Waals surface area contributed by atoms with E-state index in [1.807, 2.05) is 18.2 Å². The third-order valence-electron chi connectivity index (χ3n) is 3.10. The van der Waals surface area contributed by atoms with Crippen molar-refractivity contribution in [2.24, 2.45) is 0 Å². The Kier molecular flexibility index (Phi) is 6.26. The number of nitrogens with one attached hydrogen (secondary N) is 2. The fraction of sp³-hybridized carbons (Fsp3) is 0.235. The zero-order valence-corrected chi connectivity index (χ0v) is 12.9. The molecule has 2 amide bonds. The normalized spacial score (nSPS) is 10.1.